The van der Waals surface area contributed by atoms with Crippen LogP contribution in [0.15, 0.2) is 29.6 Å². The molecule has 0 saturated heterocycles. The highest BCUT2D eigenvalue weighted by atomic mass is 32.1. The molecule has 0 aliphatic rings. The number of halogens is 1. The first-order chi connectivity index (χ1) is 9.61. The van der Waals surface area contributed by atoms with Gasteiger partial charge in [0.05, 0.1) is 0 Å². The minimum atomic E-state index is -0.311. The van der Waals surface area contributed by atoms with Crippen molar-refractivity contribution in [2.24, 2.45) is 0 Å². The third-order valence-corrected chi connectivity index (χ3v) is 3.50. The molecular formula is C15H12FNO2S. The molecule has 2 N–H and O–H groups in total. The average molecular weight is 289 g/mol. The third-order valence-electron chi connectivity index (χ3n) is 2.59. The van der Waals surface area contributed by atoms with Gasteiger partial charge in [-0.2, -0.15) is 0 Å². The van der Waals surface area contributed by atoms with E-state index in [0.717, 1.165) is 0 Å². The van der Waals surface area contributed by atoms with Gasteiger partial charge < -0.3 is 10.4 Å². The van der Waals surface area contributed by atoms with Crippen LogP contribution in [0, 0.1) is 24.6 Å². The van der Waals surface area contributed by atoms with Gasteiger partial charge in [-0.3, -0.25) is 4.79 Å². The van der Waals surface area contributed by atoms with Crippen LogP contribution in [0.4, 0.5) is 10.1 Å². The van der Waals surface area contributed by atoms with Gasteiger partial charge in [0.15, 0.2) is 0 Å². The lowest BCUT2D eigenvalue weighted by Gasteiger charge is -2.05. The molecule has 0 saturated carbocycles. The van der Waals surface area contributed by atoms with E-state index in [9.17, 15) is 9.18 Å². The first-order valence-corrected chi connectivity index (χ1v) is 6.74. The van der Waals surface area contributed by atoms with Crippen LogP contribution < -0.4 is 5.32 Å². The fraction of sp³-hybridized carbons (Fsp3) is 0.133. The number of carbonyl (C=O) groups is 1. The number of aliphatic hydroxyl groups is 1. The highest BCUT2D eigenvalue weighted by Gasteiger charge is 2.12. The molecule has 1 heterocycles. The standard InChI is InChI=1S/C15H12FNO2S/c1-10-9-12(4-5-13(10)16)17-15(19)14-11(3-2-7-18)6-8-20-14/h4-6,8-9,18H,7H2,1H3,(H,17,19). The first kappa shape index (κ1) is 14.3. The molecule has 5 heteroatoms. The van der Waals surface area contributed by atoms with E-state index < -0.39 is 0 Å². The van der Waals surface area contributed by atoms with Gasteiger partial charge in [0, 0.05) is 11.3 Å². The van der Waals surface area contributed by atoms with Crippen molar-refractivity contribution in [3.63, 3.8) is 0 Å². The molecule has 0 spiro atoms. The Morgan fingerprint density at radius 2 is 2.25 bits per heavy atom. The summed E-state index contributed by atoms with van der Waals surface area (Å²) in [7, 11) is 0. The predicted octanol–water partition coefficient (Wildman–Crippen LogP) is 2.79. The smallest absolute Gasteiger partial charge is 0.267 e. The second-order valence-electron chi connectivity index (χ2n) is 4.04. The number of nitrogens with one attached hydrogen (secondary N) is 1. The fourth-order valence-electron chi connectivity index (χ4n) is 1.63. The molecule has 0 atom stereocenters. The number of aryl methyl sites for hydroxylation is 1. The summed E-state index contributed by atoms with van der Waals surface area (Å²) in [4.78, 5) is 12.6. The van der Waals surface area contributed by atoms with E-state index in [0.29, 0.717) is 21.7 Å². The highest BCUT2D eigenvalue weighted by molar-refractivity contribution is 7.12. The lowest BCUT2D eigenvalue weighted by molar-refractivity contribution is 0.103. The van der Waals surface area contributed by atoms with Crippen molar-refractivity contribution in [3.05, 3.63) is 51.5 Å². The number of aliphatic hydroxyl groups excluding tert-OH is 1. The van der Waals surface area contributed by atoms with Crippen molar-refractivity contribution in [1.82, 2.24) is 0 Å². The molecule has 1 aromatic heterocycles. The summed E-state index contributed by atoms with van der Waals surface area (Å²) in [6.07, 6.45) is 0. The molecule has 3 nitrogen and oxygen atoms in total. The first-order valence-electron chi connectivity index (χ1n) is 5.86. The van der Waals surface area contributed by atoms with Crippen LogP contribution in [0.5, 0.6) is 0 Å². The van der Waals surface area contributed by atoms with Crippen molar-refractivity contribution < 1.29 is 14.3 Å². The lowest BCUT2D eigenvalue weighted by atomic mass is 10.2. The molecule has 2 rings (SSSR count). The molecule has 102 valence electrons. The number of rotatable bonds is 2. The largest absolute Gasteiger partial charge is 0.384 e. The molecule has 0 unspecified atom stereocenters. The van der Waals surface area contributed by atoms with E-state index in [4.69, 9.17) is 5.11 Å². The number of thiophene rings is 1. The Bertz CT molecular complexity index is 697. The summed E-state index contributed by atoms with van der Waals surface area (Å²) in [5.74, 6) is 4.62. The van der Waals surface area contributed by atoms with Gasteiger partial charge in [-0.05, 0) is 42.1 Å². The van der Waals surface area contributed by atoms with E-state index in [1.54, 1.807) is 24.4 Å². The van der Waals surface area contributed by atoms with Gasteiger partial charge in [-0.1, -0.05) is 11.8 Å². The zero-order valence-corrected chi connectivity index (χ0v) is 11.6. The molecule has 0 aliphatic carbocycles. The van der Waals surface area contributed by atoms with Crippen LogP contribution in [0.3, 0.4) is 0 Å². The monoisotopic (exact) mass is 289 g/mol. The normalized spacial score (nSPS) is 9.75. The molecule has 0 aliphatic heterocycles. The maximum atomic E-state index is 13.2. The number of hydrogen-bond acceptors (Lipinski definition) is 3. The average Bonchev–Trinajstić information content (AvgIpc) is 2.89. The zero-order valence-electron chi connectivity index (χ0n) is 10.7. The topological polar surface area (TPSA) is 49.3 Å². The molecule has 2 aromatic rings. The van der Waals surface area contributed by atoms with Crippen LogP contribution in [-0.2, 0) is 0 Å². The van der Waals surface area contributed by atoms with E-state index in [-0.39, 0.29) is 18.3 Å². The van der Waals surface area contributed by atoms with Crippen LogP contribution in [0.25, 0.3) is 0 Å². The molecule has 0 bridgehead atoms. The Labute approximate surface area is 120 Å². The second kappa shape index (κ2) is 6.33. The predicted molar refractivity (Wildman–Crippen MR) is 77.4 cm³/mol. The summed E-state index contributed by atoms with van der Waals surface area (Å²) in [5, 5.41) is 13.1. The molecule has 0 radical (unpaired) electrons. The third kappa shape index (κ3) is 3.23. The Hall–Kier alpha value is -2.16. The Kier molecular flexibility index (Phi) is 4.51. The van der Waals surface area contributed by atoms with Crippen LogP contribution >= 0.6 is 11.3 Å². The number of benzene rings is 1. The van der Waals surface area contributed by atoms with E-state index in [1.807, 2.05) is 0 Å². The molecule has 0 fully saturated rings. The van der Waals surface area contributed by atoms with Gasteiger partial charge in [-0.25, -0.2) is 4.39 Å². The zero-order chi connectivity index (χ0) is 14.5. The van der Waals surface area contributed by atoms with Crippen LogP contribution in [0.1, 0.15) is 20.8 Å². The van der Waals surface area contributed by atoms with Crippen LogP contribution in [0.2, 0.25) is 0 Å². The number of amides is 1. The number of hydrogen-bond donors (Lipinski definition) is 2. The summed E-state index contributed by atoms with van der Waals surface area (Å²) in [6, 6.07) is 6.11. The van der Waals surface area contributed by atoms with Gasteiger partial charge in [0.1, 0.15) is 17.3 Å². The quantitative estimate of drug-likeness (QED) is 0.835. The number of anilines is 1. The second-order valence-corrected chi connectivity index (χ2v) is 4.96. The lowest BCUT2D eigenvalue weighted by Crippen LogP contribution is -2.11. The van der Waals surface area contributed by atoms with Gasteiger partial charge in [0.25, 0.3) is 5.91 Å². The summed E-state index contributed by atoms with van der Waals surface area (Å²) < 4.78 is 13.2. The van der Waals surface area contributed by atoms with Gasteiger partial charge >= 0.3 is 0 Å². The van der Waals surface area contributed by atoms with Crippen molar-refractivity contribution >= 4 is 22.9 Å². The Morgan fingerprint density at radius 3 is 2.95 bits per heavy atom. The van der Waals surface area contributed by atoms with E-state index in [2.05, 4.69) is 17.2 Å². The fourth-order valence-corrected chi connectivity index (χ4v) is 2.37. The van der Waals surface area contributed by atoms with Crippen molar-refractivity contribution in [1.29, 1.82) is 0 Å². The maximum Gasteiger partial charge on any atom is 0.267 e. The minimum absolute atomic E-state index is 0.256. The maximum absolute atomic E-state index is 13.2. The molecular weight excluding hydrogens is 277 g/mol. The molecule has 20 heavy (non-hydrogen) atoms. The minimum Gasteiger partial charge on any atom is -0.384 e. The molecule has 1 aromatic carbocycles. The van der Waals surface area contributed by atoms with Crippen LogP contribution in [-0.4, -0.2) is 17.6 Å². The molecule has 1 amide bonds. The van der Waals surface area contributed by atoms with E-state index >= 15 is 0 Å². The van der Waals surface area contributed by atoms with Gasteiger partial charge in [0.2, 0.25) is 0 Å². The summed E-state index contributed by atoms with van der Waals surface area (Å²) >= 11 is 1.26. The van der Waals surface area contributed by atoms with Crippen molar-refractivity contribution in [2.75, 3.05) is 11.9 Å². The highest BCUT2D eigenvalue weighted by Crippen LogP contribution is 2.19. The number of carbonyl (C=O) groups excluding carboxylic acids is 1. The Morgan fingerprint density at radius 1 is 1.45 bits per heavy atom. The SMILES string of the molecule is Cc1cc(NC(=O)c2sccc2C#CCO)ccc1F. The summed E-state index contributed by atoms with van der Waals surface area (Å²) in [6.45, 7) is 1.38. The summed E-state index contributed by atoms with van der Waals surface area (Å²) in [5.41, 5.74) is 1.57. The van der Waals surface area contributed by atoms with Gasteiger partial charge in [-0.15, -0.1) is 11.3 Å². The van der Waals surface area contributed by atoms with Crippen molar-refractivity contribution in [2.45, 2.75) is 6.92 Å². The Balaban J connectivity index is 2.20. The van der Waals surface area contributed by atoms with E-state index in [1.165, 1.54) is 23.5 Å². The van der Waals surface area contributed by atoms with Crippen molar-refractivity contribution in [3.8, 4) is 11.8 Å².